The smallest absolute Gasteiger partial charge is 0.407 e. The van der Waals surface area contributed by atoms with Crippen LogP contribution in [0.1, 0.15) is 63.0 Å². The molecule has 7 heteroatoms. The van der Waals surface area contributed by atoms with Crippen molar-refractivity contribution in [1.82, 2.24) is 10.2 Å². The molecule has 2 amide bonds. The lowest BCUT2D eigenvalue weighted by Gasteiger charge is -2.27. The fourth-order valence-corrected chi connectivity index (χ4v) is 4.41. The molecule has 0 saturated heterocycles. The van der Waals surface area contributed by atoms with Gasteiger partial charge in [-0.1, -0.05) is 75.2 Å². The number of hydrogen-bond donors (Lipinski definition) is 2. The van der Waals surface area contributed by atoms with E-state index in [9.17, 15) is 19.5 Å². The first-order valence-corrected chi connectivity index (χ1v) is 12.1. The summed E-state index contributed by atoms with van der Waals surface area (Å²) in [5.74, 6) is -1.64. The van der Waals surface area contributed by atoms with Gasteiger partial charge in [-0.05, 0) is 35.1 Å². The van der Waals surface area contributed by atoms with Gasteiger partial charge in [0.25, 0.3) is 0 Å². The molecule has 1 atom stereocenters. The minimum absolute atomic E-state index is 0.100. The predicted octanol–water partition coefficient (Wildman–Crippen LogP) is 4.80. The summed E-state index contributed by atoms with van der Waals surface area (Å²) in [5.41, 5.74) is 4.40. The van der Waals surface area contributed by atoms with Crippen molar-refractivity contribution >= 4 is 18.0 Å². The summed E-state index contributed by atoms with van der Waals surface area (Å²) in [4.78, 5) is 38.9. The van der Waals surface area contributed by atoms with Crippen LogP contribution in [0.2, 0.25) is 0 Å². The van der Waals surface area contributed by atoms with Crippen molar-refractivity contribution in [2.45, 2.75) is 57.9 Å². The molecule has 2 aromatic rings. The molecule has 0 saturated carbocycles. The Balaban J connectivity index is 1.68. The van der Waals surface area contributed by atoms with Gasteiger partial charge in [-0.25, -0.2) is 4.79 Å². The number of carboxylic acids is 1. The highest BCUT2D eigenvalue weighted by atomic mass is 16.5. The van der Waals surface area contributed by atoms with E-state index >= 15 is 0 Å². The van der Waals surface area contributed by atoms with Crippen molar-refractivity contribution < 1.29 is 24.2 Å². The highest BCUT2D eigenvalue weighted by Gasteiger charge is 2.31. The molecular formula is C27H34N2O5. The molecule has 0 bridgehead atoms. The maximum atomic E-state index is 13.1. The lowest BCUT2D eigenvalue weighted by Crippen LogP contribution is -2.50. The quantitative estimate of drug-likeness (QED) is 0.469. The number of ether oxygens (including phenoxy) is 1. The summed E-state index contributed by atoms with van der Waals surface area (Å²) < 4.78 is 5.53. The number of aliphatic carboxylic acids is 1. The molecule has 0 fully saturated rings. The SMILES string of the molecule is CCCCN(CCCC)C(=O)C(CC(=O)O)NC(=O)OCC1c2ccccc2-c2ccccc21. The molecule has 0 aliphatic heterocycles. The van der Waals surface area contributed by atoms with E-state index in [0.717, 1.165) is 47.9 Å². The monoisotopic (exact) mass is 466 g/mol. The Morgan fingerprint density at radius 1 is 0.941 bits per heavy atom. The van der Waals surface area contributed by atoms with Gasteiger partial charge in [0.1, 0.15) is 12.6 Å². The number of rotatable bonds is 12. The largest absolute Gasteiger partial charge is 0.481 e. The molecule has 1 aliphatic rings. The van der Waals surface area contributed by atoms with Crippen LogP contribution in [0.15, 0.2) is 48.5 Å². The van der Waals surface area contributed by atoms with E-state index in [2.05, 4.69) is 17.4 Å². The summed E-state index contributed by atoms with van der Waals surface area (Å²) in [6, 6.07) is 14.9. The number of nitrogens with one attached hydrogen (secondary N) is 1. The second-order valence-corrected chi connectivity index (χ2v) is 8.65. The minimum atomic E-state index is -1.16. The number of unbranched alkanes of at least 4 members (excludes halogenated alkanes) is 2. The predicted molar refractivity (Wildman–Crippen MR) is 131 cm³/mol. The number of carboxylic acid groups (broad SMARTS) is 1. The average Bonchev–Trinajstić information content (AvgIpc) is 3.15. The molecule has 1 aliphatic carbocycles. The first-order valence-electron chi connectivity index (χ1n) is 12.1. The van der Waals surface area contributed by atoms with E-state index in [4.69, 9.17) is 4.74 Å². The first-order chi connectivity index (χ1) is 16.5. The van der Waals surface area contributed by atoms with Gasteiger partial charge < -0.3 is 20.1 Å². The van der Waals surface area contributed by atoms with Crippen molar-refractivity contribution in [3.05, 3.63) is 59.7 Å². The molecular weight excluding hydrogens is 432 g/mol. The number of carbonyl (C=O) groups excluding carboxylic acids is 2. The normalized spacial score (nSPS) is 13.0. The van der Waals surface area contributed by atoms with Gasteiger partial charge in [0.05, 0.1) is 6.42 Å². The van der Waals surface area contributed by atoms with Crippen LogP contribution in [0.25, 0.3) is 11.1 Å². The van der Waals surface area contributed by atoms with E-state index in [1.54, 1.807) is 4.90 Å². The summed E-state index contributed by atoms with van der Waals surface area (Å²) in [5, 5.41) is 11.9. The minimum Gasteiger partial charge on any atom is -0.481 e. The van der Waals surface area contributed by atoms with E-state index in [-0.39, 0.29) is 18.4 Å². The number of fused-ring (bicyclic) bond motifs is 3. The van der Waals surface area contributed by atoms with E-state index in [1.807, 2.05) is 50.2 Å². The van der Waals surface area contributed by atoms with E-state index < -0.39 is 24.5 Å². The molecule has 0 aromatic heterocycles. The van der Waals surface area contributed by atoms with Gasteiger partial charge in [-0.2, -0.15) is 0 Å². The highest BCUT2D eigenvalue weighted by Crippen LogP contribution is 2.44. The van der Waals surface area contributed by atoms with Crippen LogP contribution in [-0.4, -0.2) is 53.7 Å². The number of alkyl carbamates (subject to hydrolysis) is 1. The average molecular weight is 467 g/mol. The van der Waals surface area contributed by atoms with Gasteiger partial charge >= 0.3 is 12.1 Å². The lowest BCUT2D eigenvalue weighted by atomic mass is 9.98. The van der Waals surface area contributed by atoms with Crippen LogP contribution < -0.4 is 5.32 Å². The molecule has 0 heterocycles. The van der Waals surface area contributed by atoms with Crippen LogP contribution >= 0.6 is 0 Å². The van der Waals surface area contributed by atoms with Crippen molar-refractivity contribution in [2.24, 2.45) is 0 Å². The molecule has 1 unspecified atom stereocenters. The second-order valence-electron chi connectivity index (χ2n) is 8.65. The number of carbonyl (C=O) groups is 3. The van der Waals surface area contributed by atoms with Gasteiger partial charge in [0.15, 0.2) is 0 Å². The third-order valence-electron chi connectivity index (χ3n) is 6.19. The standard InChI is InChI=1S/C27H34N2O5/c1-3-5-15-29(16-6-4-2)26(32)24(17-25(30)31)28-27(33)34-18-23-21-13-9-7-11-19(21)20-12-8-10-14-22(20)23/h7-14,23-24H,3-6,15-18H2,1-2H3,(H,28,33)(H,30,31). The highest BCUT2D eigenvalue weighted by molar-refractivity contribution is 5.89. The molecule has 7 nitrogen and oxygen atoms in total. The van der Waals surface area contributed by atoms with Crippen molar-refractivity contribution in [3.8, 4) is 11.1 Å². The van der Waals surface area contributed by atoms with Crippen LogP contribution in [0, 0.1) is 0 Å². The second kappa shape index (κ2) is 12.2. The van der Waals surface area contributed by atoms with Crippen molar-refractivity contribution in [1.29, 1.82) is 0 Å². The van der Waals surface area contributed by atoms with Gasteiger partial charge in [-0.15, -0.1) is 0 Å². The van der Waals surface area contributed by atoms with Crippen molar-refractivity contribution in [2.75, 3.05) is 19.7 Å². The number of benzene rings is 2. The fraction of sp³-hybridized carbons (Fsp3) is 0.444. The summed E-state index contributed by atoms with van der Waals surface area (Å²) in [6.07, 6.45) is 2.20. The Kier molecular flexibility index (Phi) is 9.08. The third kappa shape index (κ3) is 6.16. The maximum absolute atomic E-state index is 13.1. The van der Waals surface area contributed by atoms with Crippen LogP contribution in [-0.2, 0) is 14.3 Å². The van der Waals surface area contributed by atoms with Crippen LogP contribution in [0.3, 0.4) is 0 Å². The van der Waals surface area contributed by atoms with Gasteiger partial charge in [-0.3, -0.25) is 9.59 Å². The van der Waals surface area contributed by atoms with Crippen LogP contribution in [0.5, 0.6) is 0 Å². The molecule has 2 aromatic carbocycles. The Hall–Kier alpha value is -3.35. The topological polar surface area (TPSA) is 95.9 Å². The first kappa shape index (κ1) is 25.3. The van der Waals surface area contributed by atoms with E-state index in [0.29, 0.717) is 13.1 Å². The fourth-order valence-electron chi connectivity index (χ4n) is 4.41. The molecule has 34 heavy (non-hydrogen) atoms. The lowest BCUT2D eigenvalue weighted by molar-refractivity contribution is -0.142. The Morgan fingerprint density at radius 3 is 1.97 bits per heavy atom. The third-order valence-corrected chi connectivity index (χ3v) is 6.19. The molecule has 0 radical (unpaired) electrons. The summed E-state index contributed by atoms with van der Waals surface area (Å²) in [6.45, 7) is 5.25. The summed E-state index contributed by atoms with van der Waals surface area (Å²) >= 11 is 0. The number of hydrogen-bond acceptors (Lipinski definition) is 4. The van der Waals surface area contributed by atoms with Crippen LogP contribution in [0.4, 0.5) is 4.79 Å². The van der Waals surface area contributed by atoms with Gasteiger partial charge in [0, 0.05) is 19.0 Å². The molecule has 0 spiro atoms. The van der Waals surface area contributed by atoms with Gasteiger partial charge in [0.2, 0.25) is 5.91 Å². The van der Waals surface area contributed by atoms with E-state index in [1.165, 1.54) is 0 Å². The number of amides is 2. The maximum Gasteiger partial charge on any atom is 0.407 e. The Labute approximate surface area is 201 Å². The molecule has 182 valence electrons. The zero-order valence-electron chi connectivity index (χ0n) is 20.0. The zero-order chi connectivity index (χ0) is 24.5. The molecule has 3 rings (SSSR count). The number of nitrogens with zero attached hydrogens (tertiary/aromatic N) is 1. The summed E-state index contributed by atoms with van der Waals surface area (Å²) in [7, 11) is 0. The molecule has 2 N–H and O–H groups in total. The Bertz CT molecular complexity index is 953. The Morgan fingerprint density at radius 2 is 1.47 bits per heavy atom. The van der Waals surface area contributed by atoms with Crippen molar-refractivity contribution in [3.63, 3.8) is 0 Å². The zero-order valence-corrected chi connectivity index (χ0v) is 20.0.